The summed E-state index contributed by atoms with van der Waals surface area (Å²) in [5.74, 6) is 0. The van der Waals surface area contributed by atoms with E-state index < -0.39 is 0 Å². The van der Waals surface area contributed by atoms with Crippen LogP contribution in [-0.2, 0) is 0 Å². The molecule has 0 radical (unpaired) electrons. The lowest BCUT2D eigenvalue weighted by Gasteiger charge is -2.46. The third kappa shape index (κ3) is 2.39. The van der Waals surface area contributed by atoms with E-state index in [1.54, 1.807) is 0 Å². The summed E-state index contributed by atoms with van der Waals surface area (Å²) in [7, 11) is 2.19. The number of piperazine rings is 1. The van der Waals surface area contributed by atoms with Crippen molar-refractivity contribution in [2.75, 3.05) is 37.3 Å². The lowest BCUT2D eigenvalue weighted by molar-refractivity contribution is 0.139. The molecule has 1 fully saturated rings. The van der Waals surface area contributed by atoms with Crippen LogP contribution < -0.4 is 10.6 Å². The first kappa shape index (κ1) is 12.2. The van der Waals surface area contributed by atoms with E-state index in [1.807, 2.05) is 0 Å². The summed E-state index contributed by atoms with van der Waals surface area (Å²) in [6.07, 6.45) is 0. The molecule has 1 aromatic carbocycles. The van der Waals surface area contributed by atoms with Gasteiger partial charge in [-0.1, -0.05) is 6.07 Å². The molecule has 0 atom stereocenters. The zero-order chi connectivity index (χ0) is 12.6. The van der Waals surface area contributed by atoms with Gasteiger partial charge in [0.2, 0.25) is 0 Å². The molecule has 1 aromatic rings. The Kier molecular flexibility index (Phi) is 3.04. The average Bonchev–Trinajstić information content (AvgIpc) is 2.22. The Morgan fingerprint density at radius 3 is 2.53 bits per heavy atom. The smallest absolute Gasteiger partial charge is 0.0601 e. The molecule has 3 heteroatoms. The Hall–Kier alpha value is -1.22. The lowest BCUT2D eigenvalue weighted by Crippen LogP contribution is -2.57. The minimum atomic E-state index is 0.204. The van der Waals surface area contributed by atoms with Gasteiger partial charge in [-0.25, -0.2) is 0 Å². The van der Waals surface area contributed by atoms with E-state index in [0.29, 0.717) is 0 Å². The van der Waals surface area contributed by atoms with Crippen molar-refractivity contribution in [2.24, 2.45) is 0 Å². The van der Waals surface area contributed by atoms with Gasteiger partial charge >= 0.3 is 0 Å². The minimum absolute atomic E-state index is 0.204. The van der Waals surface area contributed by atoms with Gasteiger partial charge in [0, 0.05) is 25.2 Å². The molecule has 1 aliphatic heterocycles. The summed E-state index contributed by atoms with van der Waals surface area (Å²) in [6, 6.07) is 6.34. The summed E-state index contributed by atoms with van der Waals surface area (Å²) >= 11 is 0. The molecule has 0 aromatic heterocycles. The SMILES string of the molecule is Cc1ccc(N2CCN(C)C(C)(C)C2)c(N)c1. The largest absolute Gasteiger partial charge is 0.397 e. The van der Waals surface area contributed by atoms with E-state index >= 15 is 0 Å². The van der Waals surface area contributed by atoms with Gasteiger partial charge in [-0.3, -0.25) is 4.90 Å². The number of nitrogens with zero attached hydrogens (tertiary/aromatic N) is 2. The molecule has 0 spiro atoms. The fraction of sp³-hybridized carbons (Fsp3) is 0.571. The third-order valence-corrected chi connectivity index (χ3v) is 3.84. The van der Waals surface area contributed by atoms with E-state index in [4.69, 9.17) is 5.73 Å². The quantitative estimate of drug-likeness (QED) is 0.754. The van der Waals surface area contributed by atoms with Gasteiger partial charge in [-0.2, -0.15) is 0 Å². The van der Waals surface area contributed by atoms with Crippen molar-refractivity contribution >= 4 is 11.4 Å². The van der Waals surface area contributed by atoms with Crippen LogP contribution in [-0.4, -0.2) is 37.1 Å². The summed E-state index contributed by atoms with van der Waals surface area (Å²) in [5, 5.41) is 0. The predicted octanol–water partition coefficient (Wildman–Crippen LogP) is 2.11. The fourth-order valence-electron chi connectivity index (χ4n) is 2.41. The Labute approximate surface area is 104 Å². The molecule has 0 amide bonds. The van der Waals surface area contributed by atoms with Crippen molar-refractivity contribution in [3.8, 4) is 0 Å². The third-order valence-electron chi connectivity index (χ3n) is 3.84. The van der Waals surface area contributed by atoms with Crippen molar-refractivity contribution < 1.29 is 0 Å². The van der Waals surface area contributed by atoms with Gasteiger partial charge in [0.05, 0.1) is 11.4 Å². The van der Waals surface area contributed by atoms with Crippen molar-refractivity contribution in [1.29, 1.82) is 0 Å². The van der Waals surface area contributed by atoms with Crippen LogP contribution in [0.25, 0.3) is 0 Å². The monoisotopic (exact) mass is 233 g/mol. The molecule has 0 unspecified atom stereocenters. The summed E-state index contributed by atoms with van der Waals surface area (Å²) in [4.78, 5) is 4.81. The predicted molar refractivity (Wildman–Crippen MR) is 74.5 cm³/mol. The van der Waals surface area contributed by atoms with Crippen molar-refractivity contribution in [1.82, 2.24) is 4.90 Å². The molecular weight excluding hydrogens is 210 g/mol. The fourth-order valence-corrected chi connectivity index (χ4v) is 2.41. The van der Waals surface area contributed by atoms with Crippen LogP contribution in [0.1, 0.15) is 19.4 Å². The number of anilines is 2. The maximum absolute atomic E-state index is 6.12. The topological polar surface area (TPSA) is 32.5 Å². The van der Waals surface area contributed by atoms with Gasteiger partial charge in [0.25, 0.3) is 0 Å². The van der Waals surface area contributed by atoms with Gasteiger partial charge in [0.15, 0.2) is 0 Å². The second-order valence-electron chi connectivity index (χ2n) is 5.72. The Balaban J connectivity index is 2.24. The molecule has 3 nitrogen and oxygen atoms in total. The molecule has 94 valence electrons. The van der Waals surface area contributed by atoms with E-state index in [-0.39, 0.29) is 5.54 Å². The number of benzene rings is 1. The van der Waals surface area contributed by atoms with E-state index in [2.05, 4.69) is 55.8 Å². The number of aryl methyl sites for hydroxylation is 1. The lowest BCUT2D eigenvalue weighted by atomic mass is 9.99. The van der Waals surface area contributed by atoms with E-state index in [0.717, 1.165) is 25.3 Å². The Morgan fingerprint density at radius 2 is 1.94 bits per heavy atom. The second kappa shape index (κ2) is 4.22. The zero-order valence-electron chi connectivity index (χ0n) is 11.3. The van der Waals surface area contributed by atoms with Gasteiger partial charge in [-0.15, -0.1) is 0 Å². The number of hydrogen-bond donors (Lipinski definition) is 1. The van der Waals surface area contributed by atoms with Crippen LogP contribution >= 0.6 is 0 Å². The molecule has 1 heterocycles. The van der Waals surface area contributed by atoms with Crippen LogP contribution in [0.5, 0.6) is 0 Å². The molecule has 1 aliphatic rings. The first-order chi connectivity index (χ1) is 7.90. The van der Waals surface area contributed by atoms with Crippen LogP contribution in [0.2, 0.25) is 0 Å². The number of rotatable bonds is 1. The summed E-state index contributed by atoms with van der Waals surface area (Å²) in [5.41, 5.74) is 9.62. The Morgan fingerprint density at radius 1 is 1.24 bits per heavy atom. The number of hydrogen-bond acceptors (Lipinski definition) is 3. The van der Waals surface area contributed by atoms with Crippen LogP contribution in [0.3, 0.4) is 0 Å². The number of likely N-dealkylation sites (N-methyl/N-ethyl adjacent to an activating group) is 1. The maximum Gasteiger partial charge on any atom is 0.0601 e. The van der Waals surface area contributed by atoms with Gasteiger partial charge in [0.1, 0.15) is 0 Å². The molecule has 0 bridgehead atoms. The molecule has 1 saturated heterocycles. The maximum atomic E-state index is 6.12. The second-order valence-corrected chi connectivity index (χ2v) is 5.72. The Bertz CT molecular complexity index is 412. The molecular formula is C14H23N3. The molecule has 2 rings (SSSR count). The van der Waals surface area contributed by atoms with E-state index in [1.165, 1.54) is 11.3 Å². The highest BCUT2D eigenvalue weighted by atomic mass is 15.3. The minimum Gasteiger partial charge on any atom is -0.397 e. The van der Waals surface area contributed by atoms with Crippen molar-refractivity contribution in [3.63, 3.8) is 0 Å². The first-order valence-electron chi connectivity index (χ1n) is 6.22. The van der Waals surface area contributed by atoms with Gasteiger partial charge < -0.3 is 10.6 Å². The highest BCUT2D eigenvalue weighted by Gasteiger charge is 2.31. The molecule has 17 heavy (non-hydrogen) atoms. The van der Waals surface area contributed by atoms with Gasteiger partial charge in [-0.05, 0) is 45.5 Å². The van der Waals surface area contributed by atoms with E-state index in [9.17, 15) is 0 Å². The standard InChI is InChI=1S/C14H23N3/c1-11-5-6-13(12(15)9-11)17-8-7-16(4)14(2,3)10-17/h5-6,9H,7-8,10,15H2,1-4H3. The summed E-state index contributed by atoms with van der Waals surface area (Å²) < 4.78 is 0. The van der Waals surface area contributed by atoms with Crippen LogP contribution in [0.15, 0.2) is 18.2 Å². The zero-order valence-corrected chi connectivity index (χ0v) is 11.3. The number of nitrogens with two attached hydrogens (primary N) is 1. The average molecular weight is 233 g/mol. The summed E-state index contributed by atoms with van der Waals surface area (Å²) in [6.45, 7) is 9.80. The highest BCUT2D eigenvalue weighted by molar-refractivity contribution is 5.68. The highest BCUT2D eigenvalue weighted by Crippen LogP contribution is 2.29. The van der Waals surface area contributed by atoms with Crippen LogP contribution in [0, 0.1) is 6.92 Å². The normalized spacial score (nSPS) is 20.6. The molecule has 0 saturated carbocycles. The molecule has 2 N–H and O–H groups in total. The van der Waals surface area contributed by atoms with Crippen molar-refractivity contribution in [2.45, 2.75) is 26.3 Å². The van der Waals surface area contributed by atoms with Crippen molar-refractivity contribution in [3.05, 3.63) is 23.8 Å². The molecule has 0 aliphatic carbocycles. The van der Waals surface area contributed by atoms with Crippen LogP contribution in [0.4, 0.5) is 11.4 Å². The first-order valence-corrected chi connectivity index (χ1v) is 6.22. The number of nitrogen functional groups attached to an aromatic ring is 1.